The van der Waals surface area contributed by atoms with Gasteiger partial charge in [0.15, 0.2) is 0 Å². The lowest BCUT2D eigenvalue weighted by Gasteiger charge is -2.21. The fourth-order valence-electron chi connectivity index (χ4n) is 10.3. The maximum Gasteiger partial charge on any atom is 0.387 e. The van der Waals surface area contributed by atoms with Gasteiger partial charge in [-0.1, -0.05) is 90.0 Å². The zero-order valence-corrected chi connectivity index (χ0v) is 59.7. The predicted octanol–water partition coefficient (Wildman–Crippen LogP) is 13.4. The lowest BCUT2D eigenvalue weighted by atomic mass is 9.83. The molecular formula is C70H103N5O16P2. The quantitative estimate of drug-likeness (QED) is 0.0164. The summed E-state index contributed by atoms with van der Waals surface area (Å²) < 4.78 is 67.3. The number of nitrogens with zero attached hydrogens (tertiary/aromatic N) is 1. The number of ether oxygens (including phenoxy) is 5. The Labute approximate surface area is 551 Å². The fraction of sp³-hybridized carbons (Fsp3) is 0.586. The highest BCUT2D eigenvalue weighted by Crippen LogP contribution is 2.46. The lowest BCUT2D eigenvalue weighted by molar-refractivity contribution is -0.144. The van der Waals surface area contributed by atoms with Gasteiger partial charge in [0.05, 0.1) is 60.6 Å². The molecule has 0 radical (unpaired) electrons. The molecular weight excluding hydrogens is 1230 g/mol. The Morgan fingerprint density at radius 1 is 0.452 bits per heavy atom. The van der Waals surface area contributed by atoms with Crippen molar-refractivity contribution in [3.8, 4) is 17.2 Å². The Morgan fingerprint density at radius 3 is 1.11 bits per heavy atom. The van der Waals surface area contributed by atoms with Gasteiger partial charge in [-0.05, 0) is 102 Å². The van der Waals surface area contributed by atoms with Crippen LogP contribution in [0, 0.1) is 0 Å². The second-order valence-electron chi connectivity index (χ2n) is 27.2. The Bertz CT molecular complexity index is 3490. The van der Waals surface area contributed by atoms with Crippen LogP contribution in [0.25, 0.3) is 43.9 Å². The summed E-state index contributed by atoms with van der Waals surface area (Å²) in [7, 11) is 1.16. The molecule has 6 rings (SSSR count). The van der Waals surface area contributed by atoms with Gasteiger partial charge in [0, 0.05) is 115 Å². The van der Waals surface area contributed by atoms with Gasteiger partial charge in [0.2, 0.25) is 11.8 Å². The summed E-state index contributed by atoms with van der Waals surface area (Å²) in [6.07, 6.45) is 4.17. The molecule has 0 aliphatic heterocycles. The van der Waals surface area contributed by atoms with E-state index < -0.39 is 16.5 Å². The molecule has 4 N–H and O–H groups in total. The van der Waals surface area contributed by atoms with Crippen LogP contribution in [0.2, 0.25) is 0 Å². The van der Waals surface area contributed by atoms with Crippen molar-refractivity contribution in [2.24, 2.45) is 0 Å². The second kappa shape index (κ2) is 35.3. The molecule has 2 aromatic heterocycles. The summed E-state index contributed by atoms with van der Waals surface area (Å²) in [5.74, 6) is 1.24. The standard InChI is InChI=1S/C70H103N5O16P2/c1-17-75(32-24-59(77)73-30-28-71-26-22-61(79)84-34-18-20-36-86-92-88-63-51(38-47(46-76)39-55(63)67(2,3)4)52-40-48(81-14)43-56(64(52)89-92)68(5,6)7)33-25-60(78)74-31-29-72-27-23-62(80)85-35-19-21-37-87-93-90-65-53(41-49(82-15)44-57(65)69(8,9)10)54-42-50(83-16)45-58(66(54)91-93)70(11,12)13/h38-46,71-72H,17-37H2,1-16H3,(H,73,77)(H,74,78). The van der Waals surface area contributed by atoms with Gasteiger partial charge in [-0.15, -0.1) is 0 Å². The van der Waals surface area contributed by atoms with Gasteiger partial charge in [-0.3, -0.25) is 33.0 Å². The molecule has 2 heterocycles. The van der Waals surface area contributed by atoms with E-state index in [1.165, 1.54) is 0 Å². The number of benzene rings is 4. The monoisotopic (exact) mass is 1330 g/mol. The van der Waals surface area contributed by atoms with Gasteiger partial charge in [0.25, 0.3) is 0 Å². The highest BCUT2D eigenvalue weighted by atomic mass is 31.1. The van der Waals surface area contributed by atoms with E-state index in [4.69, 9.17) is 49.5 Å². The van der Waals surface area contributed by atoms with Crippen molar-refractivity contribution in [3.63, 3.8) is 0 Å². The molecule has 4 aromatic carbocycles. The first-order valence-electron chi connectivity index (χ1n) is 32.5. The first kappa shape index (κ1) is 75.5. The number of fused-ring (bicyclic) bond motifs is 6. The fourth-order valence-corrected chi connectivity index (χ4v) is 12.5. The number of rotatable bonds is 35. The number of nitrogens with one attached hydrogen (secondary N) is 4. The first-order chi connectivity index (χ1) is 44.1. The van der Waals surface area contributed by atoms with Gasteiger partial charge in [-0.2, -0.15) is 0 Å². The number of amides is 2. The number of carbonyl (C=O) groups is 5. The third-order valence-electron chi connectivity index (χ3n) is 15.6. The molecule has 514 valence electrons. The Hall–Kier alpha value is -6.57. The molecule has 23 heteroatoms. The van der Waals surface area contributed by atoms with Crippen LogP contribution in [0.3, 0.4) is 0 Å². The summed E-state index contributed by atoms with van der Waals surface area (Å²) in [4.78, 5) is 64.6. The molecule has 0 aliphatic rings. The van der Waals surface area contributed by atoms with Crippen molar-refractivity contribution in [3.05, 3.63) is 76.3 Å². The average molecular weight is 1330 g/mol. The summed E-state index contributed by atoms with van der Waals surface area (Å²) in [5, 5.41) is 15.3. The molecule has 0 spiro atoms. The highest BCUT2D eigenvalue weighted by Gasteiger charge is 2.29. The molecule has 0 fully saturated rings. The summed E-state index contributed by atoms with van der Waals surface area (Å²) >= 11 is 0. The molecule has 2 amide bonds. The smallest absolute Gasteiger partial charge is 0.387 e. The molecule has 1 unspecified atom stereocenters. The number of hydrogen-bond acceptors (Lipinski definition) is 19. The predicted molar refractivity (Wildman–Crippen MR) is 368 cm³/mol. The number of hydrogen-bond donors (Lipinski definition) is 4. The first-order valence-corrected chi connectivity index (χ1v) is 34.7. The molecule has 6 aromatic rings. The SMILES string of the molecule is CCN(CCC(=O)NCCNCCC(=O)OCCCCOp1oc2c(C(C)(C)C)cc(C=O)cc2c2cc(OC)cc(C(C)(C)C)c2o1)CCC(=O)NCCNCCC(=O)OCCCCOp1oc2c(C(C)(C)C)cc(OC)cc2c2cc(OC)cc(C(C)(C)C)c2o1. The van der Waals surface area contributed by atoms with E-state index in [1.807, 2.05) is 55.5 Å². The Balaban J connectivity index is 0.799. The van der Waals surface area contributed by atoms with Crippen LogP contribution in [0.5, 0.6) is 17.2 Å². The maximum atomic E-state index is 12.6. The summed E-state index contributed by atoms with van der Waals surface area (Å²) in [5.41, 5.74) is 5.52. The van der Waals surface area contributed by atoms with Crippen molar-refractivity contribution in [2.75, 3.05) is 107 Å². The summed E-state index contributed by atoms with van der Waals surface area (Å²) in [6, 6.07) is 15.5. The van der Waals surface area contributed by atoms with E-state index >= 15 is 0 Å². The maximum absolute atomic E-state index is 12.6. The Kier molecular flexibility index (Phi) is 28.6. The van der Waals surface area contributed by atoms with E-state index in [9.17, 15) is 24.0 Å². The molecule has 93 heavy (non-hydrogen) atoms. The normalized spacial score (nSPS) is 12.4. The molecule has 0 bridgehead atoms. The van der Waals surface area contributed by atoms with Crippen molar-refractivity contribution >= 4 is 90.4 Å². The van der Waals surface area contributed by atoms with Gasteiger partial charge >= 0.3 is 28.4 Å². The van der Waals surface area contributed by atoms with Crippen LogP contribution in [-0.2, 0) is 50.3 Å². The van der Waals surface area contributed by atoms with Crippen molar-refractivity contribution < 1.29 is 73.5 Å². The summed E-state index contributed by atoms with van der Waals surface area (Å²) in [6.45, 7) is 32.7. The third-order valence-corrected chi connectivity index (χ3v) is 17.7. The van der Waals surface area contributed by atoms with Crippen LogP contribution in [0.15, 0.2) is 65.3 Å². The minimum absolute atomic E-state index is 0.0955. The molecule has 0 saturated heterocycles. The lowest BCUT2D eigenvalue weighted by Crippen LogP contribution is -2.37. The van der Waals surface area contributed by atoms with E-state index in [0.717, 1.165) is 50.1 Å². The Morgan fingerprint density at radius 2 is 0.785 bits per heavy atom. The van der Waals surface area contributed by atoms with Crippen molar-refractivity contribution in [1.82, 2.24) is 26.2 Å². The van der Waals surface area contributed by atoms with Crippen molar-refractivity contribution in [1.29, 1.82) is 0 Å². The van der Waals surface area contributed by atoms with E-state index in [-0.39, 0.29) is 84.3 Å². The molecule has 0 saturated carbocycles. The van der Waals surface area contributed by atoms with E-state index in [1.54, 1.807) is 21.3 Å². The zero-order valence-electron chi connectivity index (χ0n) is 57.9. The van der Waals surface area contributed by atoms with Crippen LogP contribution in [0.4, 0.5) is 0 Å². The number of methoxy groups -OCH3 is 3. The molecule has 0 aliphatic carbocycles. The van der Waals surface area contributed by atoms with Crippen LogP contribution >= 0.6 is 16.5 Å². The van der Waals surface area contributed by atoms with Crippen LogP contribution < -0.4 is 44.5 Å². The van der Waals surface area contributed by atoms with Crippen LogP contribution in [-0.4, -0.2) is 142 Å². The number of carbonyl (C=O) groups excluding carboxylic acids is 5. The van der Waals surface area contributed by atoms with Gasteiger partial charge < -0.3 is 66.6 Å². The van der Waals surface area contributed by atoms with Crippen molar-refractivity contribution in [2.45, 2.75) is 163 Å². The molecule has 1 atom stereocenters. The number of unbranched alkanes of at least 4 members (excludes halogenated alkanes) is 2. The zero-order chi connectivity index (χ0) is 68.1. The largest absolute Gasteiger partial charge is 0.497 e. The van der Waals surface area contributed by atoms with Crippen LogP contribution in [0.1, 0.15) is 174 Å². The minimum atomic E-state index is -1.91. The highest BCUT2D eigenvalue weighted by molar-refractivity contribution is 7.32. The number of aldehydes is 1. The van der Waals surface area contributed by atoms with Gasteiger partial charge in [-0.25, -0.2) is 0 Å². The van der Waals surface area contributed by atoms with E-state index in [0.29, 0.717) is 143 Å². The average Bonchev–Trinajstić information content (AvgIpc) is 1.72. The number of esters is 2. The molecule has 21 nitrogen and oxygen atoms in total. The second-order valence-corrected chi connectivity index (χ2v) is 29.3. The third kappa shape index (κ3) is 22.8. The topological polar surface area (TPSA) is 254 Å². The minimum Gasteiger partial charge on any atom is -0.497 e. The van der Waals surface area contributed by atoms with E-state index in [2.05, 4.69) is 109 Å². The van der Waals surface area contributed by atoms with Gasteiger partial charge in [0.1, 0.15) is 45.9 Å².